The van der Waals surface area contributed by atoms with E-state index in [0.717, 1.165) is 34.4 Å². The van der Waals surface area contributed by atoms with E-state index < -0.39 is 0 Å². The summed E-state index contributed by atoms with van der Waals surface area (Å²) < 4.78 is 0. The van der Waals surface area contributed by atoms with Crippen molar-refractivity contribution in [1.82, 2.24) is 25.5 Å². The molecular formula is C12H13N5. The lowest BCUT2D eigenvalue weighted by Crippen LogP contribution is -2.06. The smallest absolute Gasteiger partial charge is 0.0931 e. The summed E-state index contributed by atoms with van der Waals surface area (Å²) in [5.74, 6) is 0. The van der Waals surface area contributed by atoms with Gasteiger partial charge in [0.25, 0.3) is 0 Å². The molecule has 0 aliphatic carbocycles. The Morgan fingerprint density at radius 3 is 3.18 bits per heavy atom. The highest BCUT2D eigenvalue weighted by Gasteiger charge is 2.07. The SMILES string of the molecule is CNCc1[nH]ncc1-c1ccc2nc[nH]c2c1. The van der Waals surface area contributed by atoms with Gasteiger partial charge in [-0.3, -0.25) is 5.10 Å². The van der Waals surface area contributed by atoms with Crippen LogP contribution in [0.3, 0.4) is 0 Å². The third-order valence-corrected chi connectivity index (χ3v) is 2.80. The van der Waals surface area contributed by atoms with Crippen molar-refractivity contribution in [3.63, 3.8) is 0 Å². The molecule has 3 rings (SSSR count). The summed E-state index contributed by atoms with van der Waals surface area (Å²) in [6.07, 6.45) is 3.56. The van der Waals surface area contributed by atoms with E-state index in [9.17, 15) is 0 Å². The number of aromatic nitrogens is 4. The topological polar surface area (TPSA) is 69.4 Å². The molecule has 2 aromatic heterocycles. The van der Waals surface area contributed by atoms with Gasteiger partial charge in [-0.15, -0.1) is 0 Å². The molecule has 0 saturated carbocycles. The van der Waals surface area contributed by atoms with E-state index in [2.05, 4.69) is 37.6 Å². The van der Waals surface area contributed by atoms with Gasteiger partial charge in [0.15, 0.2) is 0 Å². The Labute approximate surface area is 98.3 Å². The molecule has 0 atom stereocenters. The maximum Gasteiger partial charge on any atom is 0.0931 e. The molecule has 17 heavy (non-hydrogen) atoms. The van der Waals surface area contributed by atoms with Crippen LogP contribution in [0.4, 0.5) is 0 Å². The minimum atomic E-state index is 0.774. The van der Waals surface area contributed by atoms with Crippen molar-refractivity contribution in [1.29, 1.82) is 0 Å². The number of hydrogen-bond donors (Lipinski definition) is 3. The fourth-order valence-electron chi connectivity index (χ4n) is 1.98. The first-order chi connectivity index (χ1) is 8.38. The molecule has 0 radical (unpaired) electrons. The van der Waals surface area contributed by atoms with Gasteiger partial charge in [0, 0.05) is 12.1 Å². The van der Waals surface area contributed by atoms with Crippen molar-refractivity contribution in [2.24, 2.45) is 0 Å². The molecule has 2 heterocycles. The molecular weight excluding hydrogens is 214 g/mol. The molecule has 3 aromatic rings. The van der Waals surface area contributed by atoms with Crippen molar-refractivity contribution in [2.75, 3.05) is 7.05 Å². The second kappa shape index (κ2) is 4.03. The molecule has 5 heteroatoms. The Morgan fingerprint density at radius 2 is 2.29 bits per heavy atom. The van der Waals surface area contributed by atoms with Gasteiger partial charge in [-0.05, 0) is 24.7 Å². The molecule has 0 unspecified atom stereocenters. The molecule has 1 aromatic carbocycles. The highest BCUT2D eigenvalue weighted by atomic mass is 15.1. The van der Waals surface area contributed by atoms with Crippen LogP contribution in [0, 0.1) is 0 Å². The Hall–Kier alpha value is -2.14. The van der Waals surface area contributed by atoms with E-state index in [-0.39, 0.29) is 0 Å². The van der Waals surface area contributed by atoms with E-state index in [1.807, 2.05) is 19.3 Å². The van der Waals surface area contributed by atoms with E-state index in [0.29, 0.717) is 0 Å². The summed E-state index contributed by atoms with van der Waals surface area (Å²) >= 11 is 0. The van der Waals surface area contributed by atoms with E-state index in [1.165, 1.54) is 0 Å². The molecule has 0 amide bonds. The molecule has 86 valence electrons. The maximum atomic E-state index is 4.21. The number of hydrogen-bond acceptors (Lipinski definition) is 3. The molecule has 3 N–H and O–H groups in total. The van der Waals surface area contributed by atoms with Gasteiger partial charge < -0.3 is 10.3 Å². The fourth-order valence-corrected chi connectivity index (χ4v) is 1.98. The molecule has 0 fully saturated rings. The van der Waals surface area contributed by atoms with Gasteiger partial charge in [0.05, 0.1) is 29.3 Å². The van der Waals surface area contributed by atoms with Crippen LogP contribution in [0.1, 0.15) is 5.69 Å². The van der Waals surface area contributed by atoms with Gasteiger partial charge in [-0.2, -0.15) is 5.10 Å². The normalized spacial score (nSPS) is 11.1. The number of fused-ring (bicyclic) bond motifs is 1. The van der Waals surface area contributed by atoms with Crippen molar-refractivity contribution in [3.8, 4) is 11.1 Å². The zero-order valence-corrected chi connectivity index (χ0v) is 9.49. The van der Waals surface area contributed by atoms with Crippen LogP contribution in [-0.4, -0.2) is 27.2 Å². The number of imidazole rings is 1. The van der Waals surface area contributed by atoms with Crippen LogP contribution in [0.5, 0.6) is 0 Å². The monoisotopic (exact) mass is 227 g/mol. The first-order valence-electron chi connectivity index (χ1n) is 5.49. The largest absolute Gasteiger partial charge is 0.345 e. The van der Waals surface area contributed by atoms with Gasteiger partial charge in [0.2, 0.25) is 0 Å². The van der Waals surface area contributed by atoms with E-state index in [4.69, 9.17) is 0 Å². The van der Waals surface area contributed by atoms with E-state index in [1.54, 1.807) is 6.33 Å². The summed E-state index contributed by atoms with van der Waals surface area (Å²) in [5.41, 5.74) is 5.37. The lowest BCUT2D eigenvalue weighted by Gasteiger charge is -2.02. The zero-order chi connectivity index (χ0) is 11.7. The number of rotatable bonds is 3. The van der Waals surface area contributed by atoms with Gasteiger partial charge >= 0.3 is 0 Å². The number of aromatic amines is 2. The summed E-state index contributed by atoms with van der Waals surface area (Å²) in [5, 5.41) is 10.2. The maximum absolute atomic E-state index is 4.21. The first kappa shape index (κ1) is 10.0. The van der Waals surface area contributed by atoms with Crippen LogP contribution >= 0.6 is 0 Å². The minimum Gasteiger partial charge on any atom is -0.345 e. The predicted molar refractivity (Wildman–Crippen MR) is 66.4 cm³/mol. The summed E-state index contributed by atoms with van der Waals surface area (Å²) in [6.45, 7) is 0.774. The molecule has 0 spiro atoms. The third kappa shape index (κ3) is 1.70. The Balaban J connectivity index is 2.09. The first-order valence-corrected chi connectivity index (χ1v) is 5.49. The summed E-state index contributed by atoms with van der Waals surface area (Å²) in [4.78, 5) is 7.32. The number of H-pyrrole nitrogens is 2. The van der Waals surface area contributed by atoms with Crippen LogP contribution in [-0.2, 0) is 6.54 Å². The highest BCUT2D eigenvalue weighted by molar-refractivity contribution is 5.81. The predicted octanol–water partition coefficient (Wildman–Crippen LogP) is 1.67. The Morgan fingerprint density at radius 1 is 1.35 bits per heavy atom. The van der Waals surface area contributed by atoms with Crippen molar-refractivity contribution in [2.45, 2.75) is 6.54 Å². The van der Waals surface area contributed by atoms with E-state index >= 15 is 0 Å². The highest BCUT2D eigenvalue weighted by Crippen LogP contribution is 2.24. The third-order valence-electron chi connectivity index (χ3n) is 2.80. The second-order valence-corrected chi connectivity index (χ2v) is 3.93. The fraction of sp³-hybridized carbons (Fsp3) is 0.167. The van der Waals surface area contributed by atoms with Crippen LogP contribution in [0.2, 0.25) is 0 Å². The minimum absolute atomic E-state index is 0.774. The van der Waals surface area contributed by atoms with Crippen LogP contribution in [0.15, 0.2) is 30.7 Å². The zero-order valence-electron chi connectivity index (χ0n) is 9.49. The lowest BCUT2D eigenvalue weighted by molar-refractivity contribution is 0.785. The lowest BCUT2D eigenvalue weighted by atomic mass is 10.1. The Bertz CT molecular complexity index is 637. The molecule has 5 nitrogen and oxygen atoms in total. The van der Waals surface area contributed by atoms with Crippen molar-refractivity contribution < 1.29 is 0 Å². The average Bonchev–Trinajstić information content (AvgIpc) is 2.96. The van der Waals surface area contributed by atoms with Gasteiger partial charge in [0.1, 0.15) is 0 Å². The van der Waals surface area contributed by atoms with Crippen LogP contribution < -0.4 is 5.32 Å². The molecule has 0 aliphatic heterocycles. The molecule has 0 saturated heterocycles. The standard InChI is InChI=1S/C12H13N5/c1-13-6-12-9(5-16-17-12)8-2-3-10-11(4-8)15-7-14-10/h2-5,7,13H,6H2,1H3,(H,14,15)(H,16,17). The van der Waals surface area contributed by atoms with Gasteiger partial charge in [-0.1, -0.05) is 6.07 Å². The summed E-state index contributed by atoms with van der Waals surface area (Å²) in [7, 11) is 1.92. The number of benzene rings is 1. The van der Waals surface area contributed by atoms with Crippen LogP contribution in [0.25, 0.3) is 22.2 Å². The molecule has 0 bridgehead atoms. The molecule has 0 aliphatic rings. The number of nitrogens with one attached hydrogen (secondary N) is 3. The summed E-state index contributed by atoms with van der Waals surface area (Å²) in [6, 6.07) is 6.16. The van der Waals surface area contributed by atoms with Gasteiger partial charge in [-0.25, -0.2) is 4.98 Å². The van der Waals surface area contributed by atoms with Crippen molar-refractivity contribution in [3.05, 3.63) is 36.4 Å². The van der Waals surface area contributed by atoms with Crippen molar-refractivity contribution >= 4 is 11.0 Å². The Kier molecular flexibility index (Phi) is 2.38. The second-order valence-electron chi connectivity index (χ2n) is 3.93. The average molecular weight is 227 g/mol. The number of nitrogens with zero attached hydrogens (tertiary/aromatic N) is 2. The quantitative estimate of drug-likeness (QED) is 0.637.